The van der Waals surface area contributed by atoms with Crippen LogP contribution < -0.4 is 4.90 Å². The van der Waals surface area contributed by atoms with Crippen LogP contribution in [0, 0.1) is 0 Å². The summed E-state index contributed by atoms with van der Waals surface area (Å²) in [5.74, 6) is 1.22. The molecule has 14 heteroatoms. The Labute approximate surface area is 353 Å². The fourth-order valence-corrected chi connectivity index (χ4v) is 9.23. The van der Waals surface area contributed by atoms with E-state index in [9.17, 15) is 4.79 Å². The molecular formula is C45H66N6O6Si2. The molecule has 1 amide bonds. The predicted molar refractivity (Wildman–Crippen MR) is 241 cm³/mol. The van der Waals surface area contributed by atoms with Crippen LogP contribution in [0.25, 0.3) is 33.8 Å². The smallest absolute Gasteiger partial charge is 0.410 e. The van der Waals surface area contributed by atoms with Gasteiger partial charge in [-0.2, -0.15) is 9.61 Å². The van der Waals surface area contributed by atoms with Crippen LogP contribution in [0.5, 0.6) is 0 Å². The normalized spacial score (nSPS) is 18.2. The van der Waals surface area contributed by atoms with Gasteiger partial charge < -0.3 is 28.6 Å². The Bertz CT molecular complexity index is 1960. The van der Waals surface area contributed by atoms with Crippen LogP contribution in [0.15, 0.2) is 61.4 Å². The van der Waals surface area contributed by atoms with Crippen LogP contribution in [-0.4, -0.2) is 112 Å². The number of nitrogens with zero attached hydrogens (tertiary/aromatic N) is 6. The highest BCUT2D eigenvalue weighted by atomic mass is 28.3. The van der Waals surface area contributed by atoms with Crippen molar-refractivity contribution >= 4 is 39.5 Å². The van der Waals surface area contributed by atoms with Crippen molar-refractivity contribution in [2.45, 2.75) is 109 Å². The minimum absolute atomic E-state index is 0.0478. The Morgan fingerprint density at radius 3 is 2.10 bits per heavy atom. The number of amides is 1. The highest BCUT2D eigenvalue weighted by Gasteiger charge is 2.45. The molecule has 0 spiro atoms. The zero-order valence-corrected chi connectivity index (χ0v) is 38.7. The van der Waals surface area contributed by atoms with Gasteiger partial charge in [-0.3, -0.25) is 9.88 Å². The van der Waals surface area contributed by atoms with Gasteiger partial charge in [-0.15, -0.1) is 0 Å². The van der Waals surface area contributed by atoms with Gasteiger partial charge in [-0.1, -0.05) is 95.6 Å². The molecule has 0 N–H and O–H groups in total. The first-order chi connectivity index (χ1) is 28.3. The fourth-order valence-electron chi connectivity index (χ4n) is 7.71. The number of unbranched alkanes of at least 4 members (excludes halogenated alkanes) is 1. The molecule has 320 valence electrons. The molecule has 2 unspecified atom stereocenters. The van der Waals surface area contributed by atoms with Crippen LogP contribution >= 0.6 is 0 Å². The van der Waals surface area contributed by atoms with Gasteiger partial charge >= 0.3 is 6.09 Å². The second-order valence-corrected chi connectivity index (χ2v) is 29.5. The molecule has 0 radical (unpaired) electrons. The molecule has 2 saturated heterocycles. The van der Waals surface area contributed by atoms with E-state index in [-0.39, 0.29) is 37.6 Å². The molecule has 6 rings (SSSR count). The zero-order chi connectivity index (χ0) is 42.2. The summed E-state index contributed by atoms with van der Waals surface area (Å²) < 4.78 is 33.1. The largest absolute Gasteiger partial charge is 0.494 e. The number of carbonyl (C=O) groups is 1. The van der Waals surface area contributed by atoms with Crippen LogP contribution in [-0.2, 0) is 23.7 Å². The molecule has 2 atom stereocenters. The van der Waals surface area contributed by atoms with Crippen molar-refractivity contribution in [1.82, 2.24) is 24.5 Å². The Morgan fingerprint density at radius 1 is 0.864 bits per heavy atom. The summed E-state index contributed by atoms with van der Waals surface area (Å²) in [7, 11) is -2.71. The van der Waals surface area contributed by atoms with Crippen LogP contribution in [0.4, 0.5) is 10.6 Å². The minimum atomic E-state index is -1.36. The molecule has 59 heavy (non-hydrogen) atoms. The van der Waals surface area contributed by atoms with Crippen molar-refractivity contribution in [3.05, 3.63) is 72.7 Å². The molecule has 5 heterocycles. The average Bonchev–Trinajstić information content (AvgIpc) is 3.63. The number of hydrogen-bond donors (Lipinski definition) is 0. The average molecular weight is 843 g/mol. The summed E-state index contributed by atoms with van der Waals surface area (Å²) in [5, 5.41) is 5.05. The first kappa shape index (κ1) is 44.5. The van der Waals surface area contributed by atoms with Crippen LogP contribution in [0.2, 0.25) is 51.4 Å². The minimum Gasteiger partial charge on any atom is -0.494 e. The number of hydrogen-bond acceptors (Lipinski definition) is 10. The number of fused-ring (bicyclic) bond motifs is 3. The van der Waals surface area contributed by atoms with Gasteiger partial charge in [0.05, 0.1) is 61.7 Å². The highest BCUT2D eigenvalue weighted by molar-refractivity contribution is 6.76. The third-order valence-electron chi connectivity index (χ3n) is 11.0. The maximum atomic E-state index is 13.5. The number of anilines is 1. The van der Waals surface area contributed by atoms with Crippen LogP contribution in [0.1, 0.15) is 56.7 Å². The quantitative estimate of drug-likeness (QED) is 0.0369. The highest BCUT2D eigenvalue weighted by Crippen LogP contribution is 2.44. The van der Waals surface area contributed by atoms with E-state index < -0.39 is 16.1 Å². The number of rotatable bonds is 20. The lowest BCUT2D eigenvalue weighted by Gasteiger charge is -2.47. The summed E-state index contributed by atoms with van der Waals surface area (Å²) in [5.41, 5.74) is 6.02. The van der Waals surface area contributed by atoms with Crippen molar-refractivity contribution in [2.75, 3.05) is 58.0 Å². The lowest BCUT2D eigenvalue weighted by atomic mass is 9.81. The van der Waals surface area contributed by atoms with Gasteiger partial charge in [0, 0.05) is 58.2 Å². The summed E-state index contributed by atoms with van der Waals surface area (Å²) in [6, 6.07) is 16.0. The Morgan fingerprint density at radius 2 is 1.53 bits per heavy atom. The molecule has 3 aromatic heterocycles. The zero-order valence-electron chi connectivity index (χ0n) is 36.7. The second-order valence-electron chi connectivity index (χ2n) is 18.3. The number of benzene rings is 1. The predicted octanol–water partition coefficient (Wildman–Crippen LogP) is 9.78. The SMILES string of the molecule is C=C(OCC)c1c(C2CC3COCC(C2)N3C(=O)OCCCC)nc2c(-c3ccc(-c4ccccc4)nc3)cnn2c1N(COCC[Si](C)(C)C)COCC[Si](C)(C)C. The lowest BCUT2D eigenvalue weighted by molar-refractivity contribution is -0.0706. The van der Waals surface area contributed by atoms with Gasteiger partial charge in [-0.05, 0) is 44.3 Å². The molecule has 2 aliphatic rings. The van der Waals surface area contributed by atoms with E-state index in [1.807, 2.05) is 53.0 Å². The van der Waals surface area contributed by atoms with Gasteiger partial charge in [0.25, 0.3) is 0 Å². The molecule has 2 aliphatic heterocycles. The van der Waals surface area contributed by atoms with E-state index in [1.54, 1.807) is 0 Å². The number of piperidine rings is 1. The molecule has 2 fully saturated rings. The summed E-state index contributed by atoms with van der Waals surface area (Å²) in [6.45, 7) is 26.3. The maximum Gasteiger partial charge on any atom is 0.410 e. The third-order valence-corrected chi connectivity index (χ3v) is 14.4. The van der Waals surface area contributed by atoms with E-state index in [0.29, 0.717) is 63.9 Å². The summed E-state index contributed by atoms with van der Waals surface area (Å²) in [6.07, 6.45) is 6.59. The van der Waals surface area contributed by atoms with E-state index in [1.165, 1.54) is 0 Å². The van der Waals surface area contributed by atoms with Crippen molar-refractivity contribution in [1.29, 1.82) is 0 Å². The first-order valence-electron chi connectivity index (χ1n) is 21.5. The van der Waals surface area contributed by atoms with Crippen molar-refractivity contribution in [2.24, 2.45) is 0 Å². The van der Waals surface area contributed by atoms with Crippen molar-refractivity contribution in [3.8, 4) is 22.4 Å². The van der Waals surface area contributed by atoms with Gasteiger partial charge in [0.1, 0.15) is 25.0 Å². The van der Waals surface area contributed by atoms with E-state index >= 15 is 0 Å². The molecule has 4 aromatic rings. The van der Waals surface area contributed by atoms with E-state index in [2.05, 4.69) is 75.9 Å². The van der Waals surface area contributed by atoms with Gasteiger partial charge in [0.2, 0.25) is 0 Å². The first-order valence-corrected chi connectivity index (χ1v) is 28.9. The number of morpholine rings is 1. The van der Waals surface area contributed by atoms with E-state index in [4.69, 9.17) is 38.8 Å². The monoisotopic (exact) mass is 842 g/mol. The maximum absolute atomic E-state index is 13.5. The molecule has 2 bridgehead atoms. The number of ether oxygens (including phenoxy) is 5. The molecule has 0 aliphatic carbocycles. The molecular weight excluding hydrogens is 777 g/mol. The van der Waals surface area contributed by atoms with Crippen LogP contribution in [0.3, 0.4) is 0 Å². The number of pyridine rings is 1. The van der Waals surface area contributed by atoms with E-state index in [0.717, 1.165) is 64.4 Å². The Balaban J connectivity index is 1.48. The number of aromatic nitrogens is 4. The Kier molecular flexibility index (Phi) is 15.1. The summed E-state index contributed by atoms with van der Waals surface area (Å²) in [4.78, 5) is 28.0. The topological polar surface area (TPSA) is 113 Å². The number of carbonyl (C=O) groups excluding carboxylic acids is 1. The van der Waals surface area contributed by atoms with Crippen molar-refractivity contribution < 1.29 is 28.5 Å². The van der Waals surface area contributed by atoms with Crippen molar-refractivity contribution in [3.63, 3.8) is 0 Å². The third kappa shape index (κ3) is 11.4. The standard InChI is InChI=1S/C45H66N6O6Si2/c1-10-12-20-57-45(52)50-37-25-36(26-38(50)30-55-29-37)42-41(33(3)56-11-2)44(49(31-53-21-23-58(4,5)6)32-54-22-24-59(7,8)9)51-43(48-42)39(28-47-51)35-18-19-40(46-27-35)34-16-14-13-15-17-34/h13-19,27-28,36-38H,3,10-12,20-26,29-32H2,1-2,4-9H3. The Hall–Kier alpha value is -4.09. The lowest BCUT2D eigenvalue weighted by Crippen LogP contribution is -2.59. The fraction of sp³-hybridized carbons (Fsp3) is 0.556. The van der Waals surface area contributed by atoms with Gasteiger partial charge in [-0.25, -0.2) is 9.78 Å². The molecule has 1 aromatic carbocycles. The molecule has 12 nitrogen and oxygen atoms in total. The molecule has 0 saturated carbocycles. The summed E-state index contributed by atoms with van der Waals surface area (Å²) >= 11 is 0. The van der Waals surface area contributed by atoms with Gasteiger partial charge in [0.15, 0.2) is 5.65 Å². The second kappa shape index (κ2) is 20.0.